The van der Waals surface area contributed by atoms with E-state index in [1.807, 2.05) is 84.9 Å². The van der Waals surface area contributed by atoms with Gasteiger partial charge in [0.25, 0.3) is 0 Å². The van der Waals surface area contributed by atoms with Crippen molar-refractivity contribution in [3.63, 3.8) is 0 Å². The van der Waals surface area contributed by atoms with Crippen LogP contribution in [0.25, 0.3) is 0 Å². The van der Waals surface area contributed by atoms with Gasteiger partial charge in [-0.15, -0.1) is 0 Å². The molecule has 0 spiro atoms. The molecule has 0 N–H and O–H groups in total. The maximum absolute atomic E-state index is 14.2. The highest BCUT2D eigenvalue weighted by molar-refractivity contribution is 7.85. The Hall–Kier alpha value is -3.66. The number of rotatable bonds is 10. The molecule has 5 rings (SSSR count). The number of hydrogen-bond donors (Lipinski definition) is 0. The molecule has 3 atom stereocenters. The normalized spacial score (nSPS) is 16.2. The van der Waals surface area contributed by atoms with Crippen molar-refractivity contribution >= 4 is 21.8 Å². The van der Waals surface area contributed by atoms with Crippen molar-refractivity contribution in [1.29, 1.82) is 0 Å². The van der Waals surface area contributed by atoms with Crippen LogP contribution in [0, 0.1) is 13.8 Å². The third-order valence-corrected chi connectivity index (χ3v) is 10.8. The first-order valence-electron chi connectivity index (χ1n) is 14.0. The van der Waals surface area contributed by atoms with E-state index in [-0.39, 0.29) is 6.04 Å². The van der Waals surface area contributed by atoms with Gasteiger partial charge in [0.2, 0.25) is 0 Å². The molecule has 1 heterocycles. The van der Waals surface area contributed by atoms with Gasteiger partial charge in [0.05, 0.1) is 55.1 Å². The molecule has 0 bridgehead atoms. The summed E-state index contributed by atoms with van der Waals surface area (Å²) in [6.45, 7) is 4.58. The molecule has 7 nitrogen and oxygen atoms in total. The van der Waals surface area contributed by atoms with E-state index in [1.54, 1.807) is 34.5 Å². The van der Waals surface area contributed by atoms with Crippen LogP contribution in [-0.2, 0) is 34.6 Å². The van der Waals surface area contributed by atoms with Crippen LogP contribution in [0.3, 0.4) is 0 Å². The lowest BCUT2D eigenvalue weighted by Crippen LogP contribution is -2.38. The maximum atomic E-state index is 14.2. The number of ether oxygens (including phenoxy) is 4. The van der Waals surface area contributed by atoms with Gasteiger partial charge in [-0.05, 0) is 85.8 Å². The van der Waals surface area contributed by atoms with Crippen LogP contribution in [0.2, 0.25) is 0 Å². The monoisotopic (exact) mass is 619 g/mol. The van der Waals surface area contributed by atoms with Crippen LogP contribution in [0.1, 0.15) is 33.9 Å². The highest BCUT2D eigenvalue weighted by Crippen LogP contribution is 2.43. The highest BCUT2D eigenvalue weighted by atomic mass is 32.2. The summed E-state index contributed by atoms with van der Waals surface area (Å²) in [6, 6.07) is 22.8. The number of hydrogen-bond acceptors (Lipinski definition) is 6. The predicted octanol–water partition coefficient (Wildman–Crippen LogP) is 6.37. The smallest absolute Gasteiger partial charge is 0.161 e. The summed E-state index contributed by atoms with van der Waals surface area (Å²) in [4.78, 5) is 2.04. The quantitative estimate of drug-likeness (QED) is 0.206. The Morgan fingerprint density at radius 1 is 0.698 bits per heavy atom. The first kappa shape index (κ1) is 30.8. The average molecular weight is 620 g/mol. The molecule has 0 saturated carbocycles. The van der Waals surface area contributed by atoms with Gasteiger partial charge in [-0.2, -0.15) is 0 Å². The van der Waals surface area contributed by atoms with E-state index < -0.39 is 21.8 Å². The highest BCUT2D eigenvalue weighted by Gasteiger charge is 2.34. The van der Waals surface area contributed by atoms with Gasteiger partial charge >= 0.3 is 0 Å². The molecular formula is C34H37NO6S2. The zero-order chi connectivity index (χ0) is 30.7. The van der Waals surface area contributed by atoms with Gasteiger partial charge in [-0.3, -0.25) is 0 Å². The standard InChI is InChI=1S/C34H37NO6S2/c1-22-7-11-26(12-8-22)42(36)34-21-33(41-6)31(39-4)19-25(34)17-29-28-20-32(40-5)30(38-3)18-24(28)15-16-35(29)43(37)27-13-9-23(2)10-14-27/h7-14,18-21,29H,15-17H2,1-6H3/t29-,42-,43-/m0/s1. The van der Waals surface area contributed by atoms with E-state index >= 15 is 0 Å². The molecule has 0 aliphatic carbocycles. The van der Waals surface area contributed by atoms with Crippen LogP contribution in [0.15, 0.2) is 87.5 Å². The molecule has 0 fully saturated rings. The van der Waals surface area contributed by atoms with Crippen molar-refractivity contribution in [3.8, 4) is 23.0 Å². The van der Waals surface area contributed by atoms with Crippen molar-refractivity contribution in [3.05, 3.63) is 101 Å². The van der Waals surface area contributed by atoms with Gasteiger partial charge in [-0.1, -0.05) is 35.4 Å². The fourth-order valence-corrected chi connectivity index (χ4v) is 7.98. The summed E-state index contributed by atoms with van der Waals surface area (Å²) in [5.41, 5.74) is 5.10. The van der Waals surface area contributed by atoms with Gasteiger partial charge < -0.3 is 18.9 Å². The van der Waals surface area contributed by atoms with Gasteiger partial charge in [0, 0.05) is 17.5 Å². The minimum Gasteiger partial charge on any atom is -0.493 e. The van der Waals surface area contributed by atoms with Gasteiger partial charge in [0.1, 0.15) is 11.0 Å². The summed E-state index contributed by atoms with van der Waals surface area (Å²) >= 11 is 0. The number of benzene rings is 4. The van der Waals surface area contributed by atoms with E-state index in [4.69, 9.17) is 18.9 Å². The Balaban J connectivity index is 1.66. The fraction of sp³-hybridized carbons (Fsp3) is 0.294. The molecule has 226 valence electrons. The van der Waals surface area contributed by atoms with Crippen molar-refractivity contribution < 1.29 is 27.4 Å². The fourth-order valence-electron chi connectivity index (χ4n) is 5.44. The molecule has 43 heavy (non-hydrogen) atoms. The minimum absolute atomic E-state index is 0.322. The lowest BCUT2D eigenvalue weighted by atomic mass is 9.89. The lowest BCUT2D eigenvalue weighted by molar-refractivity contribution is 0.313. The molecule has 0 aromatic heterocycles. The average Bonchev–Trinajstić information content (AvgIpc) is 3.04. The molecule has 0 saturated heterocycles. The first-order valence-corrected chi connectivity index (χ1v) is 16.3. The molecule has 0 radical (unpaired) electrons. The van der Waals surface area contributed by atoms with E-state index in [0.29, 0.717) is 52.2 Å². The van der Waals surface area contributed by atoms with Crippen molar-refractivity contribution in [2.75, 3.05) is 35.0 Å². The number of aryl methyl sites for hydroxylation is 2. The zero-order valence-corrected chi connectivity index (χ0v) is 27.0. The van der Waals surface area contributed by atoms with Crippen LogP contribution in [0.5, 0.6) is 23.0 Å². The molecular weight excluding hydrogens is 583 g/mol. The van der Waals surface area contributed by atoms with Crippen LogP contribution < -0.4 is 18.9 Å². The summed E-state index contributed by atoms with van der Waals surface area (Å²) in [6.07, 6.45) is 1.12. The SMILES string of the molecule is COc1cc2c(cc1OC)[C@H](Cc1cc(OC)c(OC)cc1[S@@](=O)c1ccc(C)cc1)N([S@@](=O)c1ccc(C)cc1)CC2. The Bertz CT molecular complexity index is 1650. The van der Waals surface area contributed by atoms with Crippen molar-refractivity contribution in [1.82, 2.24) is 4.31 Å². The van der Waals surface area contributed by atoms with Crippen LogP contribution in [-0.4, -0.2) is 47.7 Å². The molecule has 0 amide bonds. The second-order valence-electron chi connectivity index (χ2n) is 10.5. The third-order valence-electron chi connectivity index (χ3n) is 7.80. The van der Waals surface area contributed by atoms with Crippen molar-refractivity contribution in [2.24, 2.45) is 0 Å². The molecule has 4 aromatic carbocycles. The number of nitrogens with zero attached hydrogens (tertiary/aromatic N) is 1. The maximum Gasteiger partial charge on any atom is 0.161 e. The number of methoxy groups -OCH3 is 4. The topological polar surface area (TPSA) is 74.3 Å². The molecule has 1 aliphatic rings. The zero-order valence-electron chi connectivity index (χ0n) is 25.3. The van der Waals surface area contributed by atoms with E-state index in [1.165, 1.54) is 0 Å². The Labute approximate surface area is 258 Å². The van der Waals surface area contributed by atoms with Crippen LogP contribution in [0.4, 0.5) is 0 Å². The second-order valence-corrected chi connectivity index (χ2v) is 13.4. The Kier molecular flexibility index (Phi) is 9.54. The lowest BCUT2D eigenvalue weighted by Gasteiger charge is -2.37. The summed E-state index contributed by atoms with van der Waals surface area (Å²) in [7, 11) is 3.45. The summed E-state index contributed by atoms with van der Waals surface area (Å²) in [5.74, 6) is 2.29. The first-order chi connectivity index (χ1) is 20.8. The summed E-state index contributed by atoms with van der Waals surface area (Å²) < 4.78 is 52.9. The predicted molar refractivity (Wildman–Crippen MR) is 169 cm³/mol. The largest absolute Gasteiger partial charge is 0.493 e. The van der Waals surface area contributed by atoms with Crippen LogP contribution >= 0.6 is 0 Å². The molecule has 4 aromatic rings. The third kappa shape index (κ3) is 6.34. The molecule has 1 aliphatic heterocycles. The second kappa shape index (κ2) is 13.3. The molecule has 9 heteroatoms. The number of fused-ring (bicyclic) bond motifs is 1. The molecule has 0 unspecified atom stereocenters. The van der Waals surface area contributed by atoms with E-state index in [2.05, 4.69) is 0 Å². The van der Waals surface area contributed by atoms with Gasteiger partial charge in [-0.25, -0.2) is 12.7 Å². The van der Waals surface area contributed by atoms with E-state index in [0.717, 1.165) is 32.7 Å². The summed E-state index contributed by atoms with van der Waals surface area (Å²) in [5, 5.41) is 0. The van der Waals surface area contributed by atoms with Crippen molar-refractivity contribution in [2.45, 2.75) is 47.4 Å². The Morgan fingerprint density at radius 3 is 1.79 bits per heavy atom. The van der Waals surface area contributed by atoms with E-state index in [9.17, 15) is 8.42 Å². The van der Waals surface area contributed by atoms with Gasteiger partial charge in [0.15, 0.2) is 23.0 Å². The Morgan fingerprint density at radius 2 is 1.21 bits per heavy atom. The minimum atomic E-state index is -1.50.